The van der Waals surface area contributed by atoms with Crippen molar-refractivity contribution in [1.82, 2.24) is 4.98 Å². The van der Waals surface area contributed by atoms with Crippen molar-refractivity contribution < 1.29 is 18.7 Å². The lowest BCUT2D eigenvalue weighted by atomic mass is 10.0. The highest BCUT2D eigenvalue weighted by molar-refractivity contribution is 6.74. The molecule has 1 aromatic heterocycles. The van der Waals surface area contributed by atoms with E-state index in [1.54, 1.807) is 0 Å². The number of rotatable bonds is 8. The number of aromatic carboxylic acids is 1. The van der Waals surface area contributed by atoms with Crippen molar-refractivity contribution in [3.63, 3.8) is 0 Å². The van der Waals surface area contributed by atoms with Gasteiger partial charge in [-0.25, -0.2) is 9.78 Å². The molecule has 1 unspecified atom stereocenters. The quantitative estimate of drug-likeness (QED) is 0.395. The van der Waals surface area contributed by atoms with E-state index in [4.69, 9.17) is 8.84 Å². The molecule has 0 saturated carbocycles. The lowest BCUT2D eigenvalue weighted by Crippen LogP contribution is -2.42. The Hall–Kier alpha value is -2.70. The van der Waals surface area contributed by atoms with Crippen LogP contribution >= 0.6 is 0 Å². The topological polar surface area (TPSA) is 72.6 Å². The first-order valence-electron chi connectivity index (χ1n) is 10.6. The monoisotopic (exact) mass is 437 g/mol. The molecule has 0 aliphatic rings. The highest BCUT2D eigenvalue weighted by atomic mass is 28.4. The third-order valence-electron chi connectivity index (χ3n) is 6.01. The Morgan fingerprint density at radius 2 is 1.68 bits per heavy atom. The van der Waals surface area contributed by atoms with Gasteiger partial charge < -0.3 is 13.9 Å². The summed E-state index contributed by atoms with van der Waals surface area (Å²) in [5.41, 5.74) is 3.56. The fourth-order valence-electron chi connectivity index (χ4n) is 3.09. The van der Waals surface area contributed by atoms with E-state index < -0.39 is 14.3 Å². The van der Waals surface area contributed by atoms with E-state index in [1.807, 2.05) is 18.2 Å². The molecule has 2 aromatic carbocycles. The molecule has 1 N–H and O–H groups in total. The summed E-state index contributed by atoms with van der Waals surface area (Å²) < 4.78 is 12.1. The van der Waals surface area contributed by atoms with Gasteiger partial charge in [-0.15, -0.1) is 0 Å². The van der Waals surface area contributed by atoms with Crippen LogP contribution in [0.2, 0.25) is 18.1 Å². The van der Waals surface area contributed by atoms with E-state index >= 15 is 0 Å². The van der Waals surface area contributed by atoms with Gasteiger partial charge in [0.15, 0.2) is 8.32 Å². The minimum Gasteiger partial charge on any atom is -0.475 e. The molecule has 0 aliphatic heterocycles. The van der Waals surface area contributed by atoms with Crippen molar-refractivity contribution in [1.29, 1.82) is 0 Å². The van der Waals surface area contributed by atoms with Crippen LogP contribution in [0.1, 0.15) is 55.3 Å². The predicted molar refractivity (Wildman–Crippen MR) is 125 cm³/mol. The zero-order valence-corrected chi connectivity index (χ0v) is 19.9. The minimum absolute atomic E-state index is 0.0187. The van der Waals surface area contributed by atoms with Gasteiger partial charge in [-0.05, 0) is 47.7 Å². The molecule has 0 spiro atoms. The first kappa shape index (κ1) is 23.0. The minimum atomic E-state index is -2.11. The van der Waals surface area contributed by atoms with Crippen LogP contribution < -0.4 is 0 Å². The average Bonchev–Trinajstić information content (AvgIpc) is 3.22. The number of nitrogens with zero attached hydrogens (tertiary/aromatic N) is 1. The summed E-state index contributed by atoms with van der Waals surface area (Å²) in [5, 5.41) is 9.22. The summed E-state index contributed by atoms with van der Waals surface area (Å²) in [6, 6.07) is 18.8. The summed E-state index contributed by atoms with van der Waals surface area (Å²) in [6.45, 7) is 10.9. The van der Waals surface area contributed by atoms with Crippen LogP contribution in [0.5, 0.6) is 0 Å². The summed E-state index contributed by atoms with van der Waals surface area (Å²) in [5.74, 6) is -0.949. The van der Waals surface area contributed by atoms with E-state index in [-0.39, 0.29) is 16.9 Å². The number of carboxylic acids is 1. The fraction of sp³-hybridized carbons (Fsp3) is 0.360. The normalized spacial score (nSPS) is 13.2. The standard InChI is InChI=1S/C25H31NO4Si/c1-25(2,3)31(4,5)30-21(23-26-17-22(29-23)24(27)28)16-13-18-11-14-20(15-12-18)19-9-7-6-8-10-19/h6-12,14-15,17,21H,13,16H2,1-5H3,(H,27,28). The molecule has 6 heteroatoms. The van der Waals surface area contributed by atoms with Gasteiger partial charge in [0, 0.05) is 0 Å². The molecular formula is C25H31NO4Si. The zero-order chi connectivity index (χ0) is 22.6. The Bertz CT molecular complexity index is 1000. The Morgan fingerprint density at radius 3 is 2.23 bits per heavy atom. The first-order valence-corrected chi connectivity index (χ1v) is 13.5. The molecule has 0 bridgehead atoms. The highest BCUT2D eigenvalue weighted by Crippen LogP contribution is 2.40. The molecule has 3 aromatic rings. The lowest BCUT2D eigenvalue weighted by molar-refractivity contribution is 0.0650. The first-order chi connectivity index (χ1) is 14.6. The highest BCUT2D eigenvalue weighted by Gasteiger charge is 2.40. The maximum Gasteiger partial charge on any atom is 0.373 e. The smallest absolute Gasteiger partial charge is 0.373 e. The number of aromatic nitrogens is 1. The summed E-state index contributed by atoms with van der Waals surface area (Å²) >= 11 is 0. The fourth-order valence-corrected chi connectivity index (χ4v) is 4.38. The van der Waals surface area contributed by atoms with Crippen molar-refractivity contribution in [2.24, 2.45) is 0 Å². The molecule has 31 heavy (non-hydrogen) atoms. The van der Waals surface area contributed by atoms with Crippen LogP contribution in [0.15, 0.2) is 65.2 Å². The van der Waals surface area contributed by atoms with Crippen molar-refractivity contribution >= 4 is 14.3 Å². The second kappa shape index (κ2) is 9.20. The number of hydrogen-bond acceptors (Lipinski definition) is 4. The largest absolute Gasteiger partial charge is 0.475 e. The molecular weight excluding hydrogens is 406 g/mol. The summed E-state index contributed by atoms with van der Waals surface area (Å²) in [4.78, 5) is 15.5. The molecule has 0 amide bonds. The Morgan fingerprint density at radius 1 is 1.06 bits per heavy atom. The van der Waals surface area contributed by atoms with E-state index in [2.05, 4.69) is 75.2 Å². The number of carboxylic acid groups (broad SMARTS) is 1. The summed E-state index contributed by atoms with van der Waals surface area (Å²) in [6.07, 6.45) is 2.31. The van der Waals surface area contributed by atoms with Gasteiger partial charge in [0.25, 0.3) is 0 Å². The SMILES string of the molecule is CC(C)(C)[Si](C)(C)OC(CCc1ccc(-c2ccccc2)cc1)c1ncc(C(=O)O)o1. The third kappa shape index (κ3) is 5.71. The second-order valence-corrected chi connectivity index (χ2v) is 14.1. The van der Waals surface area contributed by atoms with Crippen LogP contribution in [-0.4, -0.2) is 24.4 Å². The second-order valence-electron chi connectivity index (χ2n) is 9.34. The molecule has 1 heterocycles. The van der Waals surface area contributed by atoms with E-state index in [1.165, 1.54) is 22.9 Å². The van der Waals surface area contributed by atoms with Crippen molar-refractivity contribution in [3.05, 3.63) is 78.0 Å². The maximum atomic E-state index is 11.2. The van der Waals surface area contributed by atoms with E-state index in [0.29, 0.717) is 12.3 Å². The molecule has 0 fully saturated rings. The van der Waals surface area contributed by atoms with Gasteiger partial charge in [-0.2, -0.15) is 0 Å². The van der Waals surface area contributed by atoms with E-state index in [9.17, 15) is 9.90 Å². The molecule has 5 nitrogen and oxygen atoms in total. The van der Waals surface area contributed by atoms with Crippen LogP contribution in [0.25, 0.3) is 11.1 Å². The molecule has 0 radical (unpaired) electrons. The summed E-state index contributed by atoms with van der Waals surface area (Å²) in [7, 11) is -2.11. The molecule has 1 atom stereocenters. The lowest BCUT2D eigenvalue weighted by Gasteiger charge is -2.38. The predicted octanol–water partition coefficient (Wildman–Crippen LogP) is 6.74. The Labute approximate surface area is 185 Å². The number of aryl methyl sites for hydroxylation is 1. The van der Waals surface area contributed by atoms with Crippen molar-refractivity contribution in [2.45, 2.75) is 57.8 Å². The molecule has 0 aliphatic carbocycles. The van der Waals surface area contributed by atoms with Gasteiger partial charge in [-0.1, -0.05) is 75.4 Å². The van der Waals surface area contributed by atoms with Gasteiger partial charge >= 0.3 is 5.97 Å². The van der Waals surface area contributed by atoms with Crippen molar-refractivity contribution in [3.8, 4) is 11.1 Å². The molecule has 3 rings (SSSR count). The van der Waals surface area contributed by atoms with Crippen molar-refractivity contribution in [2.75, 3.05) is 0 Å². The number of carbonyl (C=O) groups is 1. The van der Waals surface area contributed by atoms with Gasteiger partial charge in [0.05, 0.1) is 6.20 Å². The van der Waals surface area contributed by atoms with Crippen LogP contribution in [0.4, 0.5) is 0 Å². The zero-order valence-electron chi connectivity index (χ0n) is 18.9. The number of hydrogen-bond donors (Lipinski definition) is 1. The number of benzene rings is 2. The molecule has 0 saturated heterocycles. The molecule has 164 valence electrons. The average molecular weight is 438 g/mol. The maximum absolute atomic E-state index is 11.2. The van der Waals surface area contributed by atoms with Gasteiger partial charge in [0.2, 0.25) is 11.7 Å². The Kier molecular flexibility index (Phi) is 6.82. The van der Waals surface area contributed by atoms with E-state index in [0.717, 1.165) is 6.42 Å². The van der Waals surface area contributed by atoms with Crippen LogP contribution in [0, 0.1) is 0 Å². The van der Waals surface area contributed by atoms with Gasteiger partial charge in [0.1, 0.15) is 6.10 Å². The van der Waals surface area contributed by atoms with Crippen LogP contribution in [0.3, 0.4) is 0 Å². The third-order valence-corrected chi connectivity index (χ3v) is 10.5. The van der Waals surface area contributed by atoms with Crippen LogP contribution in [-0.2, 0) is 10.8 Å². The Balaban J connectivity index is 1.77. The van der Waals surface area contributed by atoms with Gasteiger partial charge in [-0.3, -0.25) is 0 Å². The number of oxazole rings is 1.